The van der Waals surface area contributed by atoms with Crippen LogP contribution in [0.15, 0.2) is 50.7 Å². The number of aromatic nitrogens is 3. The Morgan fingerprint density at radius 2 is 2.12 bits per heavy atom. The van der Waals surface area contributed by atoms with Crippen molar-refractivity contribution in [3.8, 4) is 5.69 Å². The van der Waals surface area contributed by atoms with Gasteiger partial charge in [0.1, 0.15) is 0 Å². The minimum Gasteiger partial charge on any atom is -0.373 e. The van der Waals surface area contributed by atoms with Crippen LogP contribution < -0.4 is 11.2 Å². The number of hydrogen-bond donors (Lipinski definition) is 1. The monoisotopic (exact) mass is 413 g/mol. The van der Waals surface area contributed by atoms with Gasteiger partial charge in [0.2, 0.25) is 0 Å². The van der Waals surface area contributed by atoms with Gasteiger partial charge in [0.05, 0.1) is 29.2 Å². The Labute approximate surface area is 157 Å². The second-order valence-corrected chi connectivity index (χ2v) is 7.04. The largest absolute Gasteiger partial charge is 0.373 e. The summed E-state index contributed by atoms with van der Waals surface area (Å²) >= 11 is 3.45. The van der Waals surface area contributed by atoms with Crippen LogP contribution in [0, 0.1) is 0 Å². The third kappa shape index (κ3) is 2.73. The number of nitrogens with zero attached hydrogens (tertiary/aromatic N) is 2. The fourth-order valence-electron chi connectivity index (χ4n) is 3.33. The molecule has 0 amide bonds. The van der Waals surface area contributed by atoms with Gasteiger partial charge in [-0.15, -0.1) is 0 Å². The van der Waals surface area contributed by atoms with Crippen LogP contribution in [-0.4, -0.2) is 21.1 Å². The van der Waals surface area contributed by atoms with E-state index < -0.39 is 11.8 Å². The Hall–Kier alpha value is -2.51. The lowest BCUT2D eigenvalue weighted by molar-refractivity contribution is 0.0617. The van der Waals surface area contributed by atoms with Crippen molar-refractivity contribution in [2.24, 2.45) is 0 Å². The van der Waals surface area contributed by atoms with Gasteiger partial charge in [0, 0.05) is 34.5 Å². The van der Waals surface area contributed by atoms with E-state index in [0.29, 0.717) is 30.0 Å². The third-order valence-corrected chi connectivity index (χ3v) is 4.98. The van der Waals surface area contributed by atoms with E-state index in [-0.39, 0.29) is 5.56 Å². The van der Waals surface area contributed by atoms with E-state index in [1.807, 2.05) is 31.2 Å². The average molecular weight is 414 g/mol. The first kappa shape index (κ1) is 16.9. The molecule has 1 atom stereocenters. The molecular weight excluding hydrogens is 398 g/mol. The molecule has 26 heavy (non-hydrogen) atoms. The topological polar surface area (TPSA) is 77.0 Å². The van der Waals surface area contributed by atoms with Crippen LogP contribution in [0.25, 0.3) is 22.5 Å². The number of aromatic amines is 1. The van der Waals surface area contributed by atoms with Crippen LogP contribution in [0.4, 0.5) is 0 Å². The molecule has 4 rings (SSSR count). The van der Waals surface area contributed by atoms with Gasteiger partial charge in [-0.05, 0) is 13.0 Å². The maximum absolute atomic E-state index is 13.3. The normalized spacial score (nSPS) is 16.4. The predicted molar refractivity (Wildman–Crippen MR) is 104 cm³/mol. The van der Waals surface area contributed by atoms with Gasteiger partial charge in [0.15, 0.2) is 0 Å². The number of halogens is 1. The first-order valence-electron chi connectivity index (χ1n) is 8.30. The van der Waals surface area contributed by atoms with E-state index >= 15 is 0 Å². The standard InChI is InChI=1S/C19H16BrN3O3/c1-2-26-16-8-12(20)7-14-17(16)18(24)23(19(25)22-14)15-10-21-9-11-5-3-4-6-13(11)15/h3-7,9-10,16H,2,8H2,1H3,(H,22,25). The molecule has 0 saturated heterocycles. The average Bonchev–Trinajstić information content (AvgIpc) is 2.61. The van der Waals surface area contributed by atoms with Gasteiger partial charge < -0.3 is 9.72 Å². The summed E-state index contributed by atoms with van der Waals surface area (Å²) in [7, 11) is 0. The summed E-state index contributed by atoms with van der Waals surface area (Å²) in [6.45, 7) is 2.35. The molecule has 2 heterocycles. The lowest BCUT2D eigenvalue weighted by Gasteiger charge is -2.23. The number of rotatable bonds is 3. The van der Waals surface area contributed by atoms with Crippen LogP contribution in [0.1, 0.15) is 30.7 Å². The molecule has 1 aliphatic rings. The number of benzene rings is 1. The van der Waals surface area contributed by atoms with Crippen molar-refractivity contribution < 1.29 is 4.74 Å². The Bertz CT molecular complexity index is 1140. The van der Waals surface area contributed by atoms with Crippen molar-refractivity contribution in [2.75, 3.05) is 6.61 Å². The molecule has 0 spiro atoms. The molecule has 6 nitrogen and oxygen atoms in total. The van der Waals surface area contributed by atoms with Gasteiger partial charge in [-0.3, -0.25) is 9.78 Å². The minimum absolute atomic E-state index is 0.378. The number of H-pyrrole nitrogens is 1. The molecule has 7 heteroatoms. The summed E-state index contributed by atoms with van der Waals surface area (Å²) in [4.78, 5) is 33.0. The Kier molecular flexibility index (Phi) is 4.34. The Morgan fingerprint density at radius 1 is 1.31 bits per heavy atom. The molecule has 0 radical (unpaired) electrons. The van der Waals surface area contributed by atoms with Gasteiger partial charge in [-0.2, -0.15) is 0 Å². The predicted octanol–water partition coefficient (Wildman–Crippen LogP) is 3.29. The highest BCUT2D eigenvalue weighted by molar-refractivity contribution is 9.11. The number of hydrogen-bond acceptors (Lipinski definition) is 4. The molecule has 1 aliphatic carbocycles. The summed E-state index contributed by atoms with van der Waals surface area (Å²) in [5.41, 5.74) is 0.529. The zero-order chi connectivity index (χ0) is 18.3. The highest BCUT2D eigenvalue weighted by atomic mass is 79.9. The van der Waals surface area contributed by atoms with Crippen molar-refractivity contribution in [3.63, 3.8) is 0 Å². The van der Waals surface area contributed by atoms with E-state index in [4.69, 9.17) is 4.74 Å². The fourth-order valence-corrected chi connectivity index (χ4v) is 3.85. The van der Waals surface area contributed by atoms with E-state index in [9.17, 15) is 9.59 Å². The lowest BCUT2D eigenvalue weighted by atomic mass is 10.00. The van der Waals surface area contributed by atoms with E-state index in [2.05, 4.69) is 25.9 Å². The Balaban J connectivity index is 2.04. The second kappa shape index (κ2) is 6.66. The molecule has 2 aromatic heterocycles. The van der Waals surface area contributed by atoms with Gasteiger partial charge >= 0.3 is 5.69 Å². The highest BCUT2D eigenvalue weighted by Gasteiger charge is 2.27. The van der Waals surface area contributed by atoms with Crippen LogP contribution in [0.2, 0.25) is 0 Å². The summed E-state index contributed by atoms with van der Waals surface area (Å²) in [6.07, 6.45) is 5.15. The second-order valence-electron chi connectivity index (χ2n) is 6.02. The number of fused-ring (bicyclic) bond motifs is 2. The molecule has 1 unspecified atom stereocenters. The molecule has 132 valence electrons. The highest BCUT2D eigenvalue weighted by Crippen LogP contribution is 2.34. The zero-order valence-corrected chi connectivity index (χ0v) is 15.6. The van der Waals surface area contributed by atoms with Crippen LogP contribution in [0.5, 0.6) is 0 Å². The lowest BCUT2D eigenvalue weighted by Crippen LogP contribution is -2.39. The third-order valence-electron chi connectivity index (χ3n) is 4.43. The zero-order valence-electron chi connectivity index (χ0n) is 14.0. The van der Waals surface area contributed by atoms with Crippen LogP contribution in [-0.2, 0) is 4.74 Å². The van der Waals surface area contributed by atoms with Crippen molar-refractivity contribution in [1.29, 1.82) is 0 Å². The molecule has 0 aliphatic heterocycles. The first-order valence-corrected chi connectivity index (χ1v) is 9.09. The van der Waals surface area contributed by atoms with Gasteiger partial charge in [0.25, 0.3) is 5.56 Å². The van der Waals surface area contributed by atoms with Crippen molar-refractivity contribution in [2.45, 2.75) is 19.4 Å². The molecule has 0 saturated carbocycles. The van der Waals surface area contributed by atoms with Crippen LogP contribution in [0.3, 0.4) is 0 Å². The maximum Gasteiger partial charge on any atom is 0.333 e. The van der Waals surface area contributed by atoms with Crippen molar-refractivity contribution in [3.05, 3.63) is 73.2 Å². The summed E-state index contributed by atoms with van der Waals surface area (Å²) < 4.78 is 7.78. The van der Waals surface area contributed by atoms with E-state index in [0.717, 1.165) is 19.8 Å². The van der Waals surface area contributed by atoms with Crippen molar-refractivity contribution in [1.82, 2.24) is 14.5 Å². The van der Waals surface area contributed by atoms with Gasteiger partial charge in [-0.25, -0.2) is 9.36 Å². The number of pyridine rings is 1. The summed E-state index contributed by atoms with van der Waals surface area (Å²) in [5, 5.41) is 1.65. The van der Waals surface area contributed by atoms with E-state index in [1.165, 1.54) is 6.20 Å². The number of ether oxygens (including phenoxy) is 1. The minimum atomic E-state index is -0.499. The molecule has 0 bridgehead atoms. The Morgan fingerprint density at radius 3 is 2.92 bits per heavy atom. The van der Waals surface area contributed by atoms with Crippen molar-refractivity contribution >= 4 is 32.8 Å². The molecule has 1 N–H and O–H groups in total. The number of nitrogens with one attached hydrogen (secondary N) is 1. The quantitative estimate of drug-likeness (QED) is 0.714. The first-order chi connectivity index (χ1) is 12.6. The summed E-state index contributed by atoms with van der Waals surface area (Å²) in [5.74, 6) is 0. The van der Waals surface area contributed by atoms with Gasteiger partial charge in [-0.1, -0.05) is 40.2 Å². The van der Waals surface area contributed by atoms with E-state index in [1.54, 1.807) is 12.3 Å². The summed E-state index contributed by atoms with van der Waals surface area (Å²) in [6, 6.07) is 7.52. The smallest absolute Gasteiger partial charge is 0.333 e. The maximum atomic E-state index is 13.3. The van der Waals surface area contributed by atoms with Crippen LogP contribution >= 0.6 is 15.9 Å². The SMILES string of the molecule is CCOC1CC(Br)=Cc2[nH]c(=O)n(-c3cncc4ccccc34)c(=O)c21. The fraction of sp³-hybridized carbons (Fsp3) is 0.211. The molecular formula is C19H16BrN3O3. The molecule has 0 fully saturated rings. The molecule has 3 aromatic rings. The molecule has 1 aromatic carbocycles.